The molecule has 2 N–H and O–H groups in total. The van der Waals surface area contributed by atoms with Crippen LogP contribution in [0.15, 0.2) is 65.6 Å². The molecule has 214 valence electrons. The summed E-state index contributed by atoms with van der Waals surface area (Å²) in [5.74, 6) is -0.229. The second kappa shape index (κ2) is 11.5. The Labute approximate surface area is 248 Å². The number of anilines is 1. The minimum Gasteiger partial charge on any atom is -0.493 e. The van der Waals surface area contributed by atoms with Gasteiger partial charge in [-0.2, -0.15) is 0 Å². The van der Waals surface area contributed by atoms with Crippen molar-refractivity contribution in [2.24, 2.45) is 0 Å². The van der Waals surface area contributed by atoms with Crippen molar-refractivity contribution >= 4 is 45.0 Å². The molecule has 1 heterocycles. The van der Waals surface area contributed by atoms with Crippen molar-refractivity contribution in [2.45, 2.75) is 64.1 Å². The van der Waals surface area contributed by atoms with Crippen LogP contribution in [0.3, 0.4) is 0 Å². The molecule has 0 amide bonds. The number of carboxylic acids is 1. The molecule has 5 rings (SSSR count). The maximum absolute atomic E-state index is 13.8. The monoisotopic (exact) mass is 591 g/mol. The van der Waals surface area contributed by atoms with Gasteiger partial charge in [-0.25, -0.2) is 9.00 Å². The van der Waals surface area contributed by atoms with Crippen molar-refractivity contribution in [3.63, 3.8) is 0 Å². The normalized spacial score (nSPS) is 14.7. The number of fused-ring (bicyclic) bond motifs is 2. The minimum absolute atomic E-state index is 0.532. The lowest BCUT2D eigenvalue weighted by Gasteiger charge is -2.30. The van der Waals surface area contributed by atoms with Crippen molar-refractivity contribution in [1.82, 2.24) is 0 Å². The van der Waals surface area contributed by atoms with E-state index in [0.29, 0.717) is 33.3 Å². The second-order valence-electron chi connectivity index (χ2n) is 11.3. The topological polar surface area (TPSA) is 84.9 Å². The van der Waals surface area contributed by atoms with Gasteiger partial charge >= 0.3 is 5.97 Å². The van der Waals surface area contributed by atoms with Gasteiger partial charge in [0.2, 0.25) is 0 Å². The molecule has 0 fully saturated rings. The molecule has 0 spiro atoms. The van der Waals surface area contributed by atoms with Gasteiger partial charge in [-0.15, -0.1) is 0 Å². The molecule has 2 unspecified atom stereocenters. The molecule has 2 atom stereocenters. The van der Waals surface area contributed by atoms with Crippen LogP contribution in [0.1, 0.15) is 55.5 Å². The third kappa shape index (κ3) is 5.98. The van der Waals surface area contributed by atoms with Crippen LogP contribution < -0.4 is 9.46 Å². The van der Waals surface area contributed by atoms with E-state index in [-0.39, 0.29) is 0 Å². The van der Waals surface area contributed by atoms with Gasteiger partial charge in [0.05, 0.1) is 22.8 Å². The van der Waals surface area contributed by atoms with Crippen LogP contribution in [0.25, 0.3) is 21.9 Å². The minimum atomic E-state index is -1.65. The third-order valence-electron chi connectivity index (χ3n) is 7.22. The van der Waals surface area contributed by atoms with Crippen molar-refractivity contribution in [3.05, 3.63) is 87.9 Å². The zero-order valence-electron chi connectivity index (χ0n) is 23.8. The molecule has 1 aliphatic heterocycles. The van der Waals surface area contributed by atoms with Gasteiger partial charge in [-0.3, -0.25) is 0 Å². The average molecular weight is 592 g/mol. The van der Waals surface area contributed by atoms with Crippen LogP contribution in [0.4, 0.5) is 5.69 Å². The van der Waals surface area contributed by atoms with Crippen molar-refractivity contribution in [1.29, 1.82) is 0 Å². The number of hydrogen-bond donors (Lipinski definition) is 2. The Kier molecular flexibility index (Phi) is 8.15. The predicted molar refractivity (Wildman–Crippen MR) is 165 cm³/mol. The molecule has 0 aliphatic carbocycles. The highest BCUT2D eigenvalue weighted by Crippen LogP contribution is 2.42. The molecule has 41 heavy (non-hydrogen) atoms. The predicted octanol–water partition coefficient (Wildman–Crippen LogP) is 8.18. The van der Waals surface area contributed by atoms with E-state index in [1.54, 1.807) is 12.1 Å². The summed E-state index contributed by atoms with van der Waals surface area (Å²) >= 11 is 6.40. The zero-order valence-corrected chi connectivity index (χ0v) is 25.4. The molecular weight excluding hydrogens is 558 g/mol. The van der Waals surface area contributed by atoms with E-state index in [1.165, 1.54) is 0 Å². The highest BCUT2D eigenvalue weighted by molar-refractivity contribution is 7.86. The van der Waals surface area contributed by atoms with Gasteiger partial charge < -0.3 is 19.3 Å². The number of aryl methyl sites for hydroxylation is 2. The summed E-state index contributed by atoms with van der Waals surface area (Å²) in [4.78, 5) is 13.3. The Morgan fingerprint density at radius 2 is 1.80 bits per heavy atom. The fourth-order valence-electron chi connectivity index (χ4n) is 5.41. The third-order valence-corrected chi connectivity index (χ3v) is 8.71. The summed E-state index contributed by atoms with van der Waals surface area (Å²) in [6.07, 6.45) is 0.577. The maximum Gasteiger partial charge on any atom is 0.337 e. The summed E-state index contributed by atoms with van der Waals surface area (Å²) in [5, 5.41) is 12.6. The maximum atomic E-state index is 13.8. The van der Waals surface area contributed by atoms with Gasteiger partial charge in [-0.05, 0) is 106 Å². The van der Waals surface area contributed by atoms with Gasteiger partial charge in [0.25, 0.3) is 0 Å². The zero-order chi connectivity index (χ0) is 29.5. The first-order valence-corrected chi connectivity index (χ1v) is 15.1. The number of nitrogens with one attached hydrogen (secondary N) is 1. The van der Waals surface area contributed by atoms with Crippen molar-refractivity contribution in [2.75, 3.05) is 11.3 Å². The SMILES string of the molecule is Cc1cc(NS(=O)c2ccc(Cl)c3ccccc23)c(C)c(C(OC(C)(C)C)C(=O)O)c1-c1ccc2c(c1)CCCO2. The summed E-state index contributed by atoms with van der Waals surface area (Å²) in [5.41, 5.74) is 4.66. The van der Waals surface area contributed by atoms with Crippen LogP contribution in [0, 0.1) is 13.8 Å². The molecule has 8 heteroatoms. The van der Waals surface area contributed by atoms with Gasteiger partial charge in [0.15, 0.2) is 17.1 Å². The molecule has 0 radical (unpaired) electrons. The number of carboxylic acid groups (broad SMARTS) is 1. The van der Waals surface area contributed by atoms with Crippen LogP contribution in [0.5, 0.6) is 5.75 Å². The first-order chi connectivity index (χ1) is 19.4. The Morgan fingerprint density at radius 1 is 1.07 bits per heavy atom. The lowest BCUT2D eigenvalue weighted by molar-refractivity contribution is -0.160. The van der Waals surface area contributed by atoms with Crippen LogP contribution >= 0.6 is 11.6 Å². The number of benzene rings is 4. The summed E-state index contributed by atoms with van der Waals surface area (Å²) in [7, 11) is -1.65. The Balaban J connectivity index is 1.66. The Morgan fingerprint density at radius 3 is 2.51 bits per heavy atom. The first-order valence-electron chi connectivity index (χ1n) is 13.6. The number of rotatable bonds is 7. The molecule has 4 aromatic rings. The second-order valence-corrected chi connectivity index (χ2v) is 12.9. The number of halogens is 1. The van der Waals surface area contributed by atoms with Crippen LogP contribution in [-0.2, 0) is 26.9 Å². The standard InChI is InChI=1S/C33H34ClNO5S/c1-19-17-26(35-41(38)28-15-13-25(34)23-10-6-7-11-24(23)28)20(2)30(31(32(36)37)40-33(3,4)5)29(19)22-12-14-27-21(18-22)9-8-16-39-27/h6-7,10-15,17-18,31,35H,8-9,16H2,1-5H3,(H,36,37). The van der Waals surface area contributed by atoms with E-state index in [9.17, 15) is 14.1 Å². The Bertz CT molecular complexity index is 1680. The lowest BCUT2D eigenvalue weighted by Crippen LogP contribution is -2.28. The van der Waals surface area contributed by atoms with E-state index in [1.807, 2.05) is 77.1 Å². The highest BCUT2D eigenvalue weighted by Gasteiger charge is 2.33. The molecule has 4 aromatic carbocycles. The lowest BCUT2D eigenvalue weighted by atomic mass is 9.86. The molecule has 0 saturated carbocycles. The number of hydrogen-bond acceptors (Lipinski definition) is 4. The summed E-state index contributed by atoms with van der Waals surface area (Å²) in [6.45, 7) is 9.99. The smallest absolute Gasteiger partial charge is 0.337 e. The quantitative estimate of drug-likeness (QED) is 0.226. The van der Waals surface area contributed by atoms with Crippen molar-refractivity contribution in [3.8, 4) is 16.9 Å². The van der Waals surface area contributed by atoms with Gasteiger partial charge in [-0.1, -0.05) is 41.9 Å². The number of aliphatic carboxylic acids is 1. The van der Waals surface area contributed by atoms with Gasteiger partial charge in [0.1, 0.15) is 5.75 Å². The first kappa shape index (κ1) is 29.1. The van der Waals surface area contributed by atoms with E-state index < -0.39 is 28.7 Å². The fraction of sp³-hybridized carbons (Fsp3) is 0.303. The average Bonchev–Trinajstić information content (AvgIpc) is 2.93. The summed E-state index contributed by atoms with van der Waals surface area (Å²) in [6, 6.07) is 19.0. The summed E-state index contributed by atoms with van der Waals surface area (Å²) < 4.78 is 28.9. The largest absolute Gasteiger partial charge is 0.493 e. The van der Waals surface area contributed by atoms with Gasteiger partial charge in [0, 0.05) is 21.4 Å². The van der Waals surface area contributed by atoms with Crippen LogP contribution in [-0.4, -0.2) is 27.5 Å². The highest BCUT2D eigenvalue weighted by atomic mass is 35.5. The van der Waals surface area contributed by atoms with Crippen molar-refractivity contribution < 1.29 is 23.6 Å². The van der Waals surface area contributed by atoms with E-state index in [2.05, 4.69) is 10.8 Å². The molecule has 6 nitrogen and oxygen atoms in total. The van der Waals surface area contributed by atoms with E-state index >= 15 is 0 Å². The molecule has 1 aliphatic rings. The molecule has 0 bridgehead atoms. The fourth-order valence-corrected chi connectivity index (χ4v) is 6.73. The number of ether oxygens (including phenoxy) is 2. The number of carbonyl (C=O) groups is 1. The van der Waals surface area contributed by atoms with E-state index in [0.717, 1.165) is 51.6 Å². The van der Waals surface area contributed by atoms with Crippen LogP contribution in [0.2, 0.25) is 5.02 Å². The molecule has 0 aromatic heterocycles. The Hall–Kier alpha value is -3.39. The molecule has 0 saturated heterocycles. The van der Waals surface area contributed by atoms with E-state index in [4.69, 9.17) is 21.1 Å². The molecular formula is C33H34ClNO5S.